The van der Waals surface area contributed by atoms with Crippen LogP contribution < -0.4 is 10.6 Å². The topological polar surface area (TPSA) is 136 Å². The summed E-state index contributed by atoms with van der Waals surface area (Å²) in [7, 11) is 0. The number of aromatic nitrogens is 1. The van der Waals surface area contributed by atoms with Gasteiger partial charge >= 0.3 is 18.2 Å². The number of carbonyl (C=O) groups excluding carboxylic acids is 4. The van der Waals surface area contributed by atoms with Crippen LogP contribution in [0.1, 0.15) is 78.3 Å². The van der Waals surface area contributed by atoms with Crippen molar-refractivity contribution in [2.24, 2.45) is 5.92 Å². The monoisotopic (exact) mass is 666 g/mol. The minimum absolute atomic E-state index is 0.0308. The van der Waals surface area contributed by atoms with Gasteiger partial charge in [-0.15, -0.1) is 11.3 Å². The van der Waals surface area contributed by atoms with Gasteiger partial charge in [-0.2, -0.15) is 0 Å². The Balaban J connectivity index is 1.62. The lowest BCUT2D eigenvalue weighted by molar-refractivity contribution is -0.154. The first-order valence-corrected chi connectivity index (χ1v) is 16.4. The number of nitrogens with one attached hydrogen (secondary N) is 2. The van der Waals surface area contributed by atoms with Crippen molar-refractivity contribution in [1.29, 1.82) is 0 Å². The van der Waals surface area contributed by atoms with Crippen LogP contribution in [-0.4, -0.2) is 58.2 Å². The molecule has 11 nitrogen and oxygen atoms in total. The predicted molar refractivity (Wildman–Crippen MR) is 182 cm³/mol. The van der Waals surface area contributed by atoms with Gasteiger partial charge in [0.05, 0.1) is 24.6 Å². The third-order valence-electron chi connectivity index (χ3n) is 6.35. The molecule has 0 aliphatic rings. The van der Waals surface area contributed by atoms with Gasteiger partial charge in [-0.3, -0.25) is 14.9 Å². The zero-order chi connectivity index (χ0) is 34.8. The minimum atomic E-state index is -0.708. The summed E-state index contributed by atoms with van der Waals surface area (Å²) in [6, 6.07) is 16.7. The van der Waals surface area contributed by atoms with Crippen molar-refractivity contribution in [3.8, 4) is 0 Å². The van der Waals surface area contributed by atoms with Crippen molar-refractivity contribution in [2.75, 3.05) is 23.7 Å². The van der Waals surface area contributed by atoms with Crippen molar-refractivity contribution >= 4 is 46.2 Å². The number of benzene rings is 2. The molecular weight excluding hydrogens is 620 g/mol. The molecule has 1 heterocycles. The number of hydrogen-bond donors (Lipinski definition) is 2. The molecule has 254 valence electrons. The largest absolute Gasteiger partial charge is 0.455 e. The third-order valence-corrected chi connectivity index (χ3v) is 7.16. The Bertz CT molecular complexity index is 1490. The van der Waals surface area contributed by atoms with E-state index in [-0.39, 0.29) is 30.8 Å². The summed E-state index contributed by atoms with van der Waals surface area (Å²) in [6.45, 7) is 14.7. The second kappa shape index (κ2) is 16.4. The number of ether oxygens (including phenoxy) is 3. The Hall–Kier alpha value is -4.45. The minimum Gasteiger partial charge on any atom is -0.455 e. The van der Waals surface area contributed by atoms with Gasteiger partial charge in [0.1, 0.15) is 17.3 Å². The van der Waals surface area contributed by atoms with E-state index in [4.69, 9.17) is 14.2 Å². The lowest BCUT2D eigenvalue weighted by atomic mass is 10.1. The summed E-state index contributed by atoms with van der Waals surface area (Å²) in [5, 5.41) is 7.49. The second-order valence-electron chi connectivity index (χ2n) is 13.4. The first kappa shape index (κ1) is 37.0. The van der Waals surface area contributed by atoms with Crippen LogP contribution in [0.25, 0.3) is 0 Å². The molecule has 3 amide bonds. The molecule has 0 aliphatic carbocycles. The Morgan fingerprint density at radius 2 is 1.51 bits per heavy atom. The number of nitrogens with zero attached hydrogens (tertiary/aromatic N) is 2. The predicted octanol–water partition coefficient (Wildman–Crippen LogP) is 7.39. The second-order valence-corrected chi connectivity index (χ2v) is 14.2. The Kier molecular flexibility index (Phi) is 12.9. The van der Waals surface area contributed by atoms with Crippen LogP contribution in [0.2, 0.25) is 0 Å². The van der Waals surface area contributed by atoms with Gasteiger partial charge in [0.15, 0.2) is 5.13 Å². The number of carbonyl (C=O) groups is 4. The van der Waals surface area contributed by atoms with Crippen molar-refractivity contribution < 1.29 is 33.4 Å². The smallest absolute Gasteiger partial charge is 0.413 e. The van der Waals surface area contributed by atoms with E-state index in [1.165, 1.54) is 11.3 Å². The standard InChI is InChI=1S/C35H46N4O7S/c1-23(2)30(41)44-28(25-12-10-9-11-13-25)21-39(33(43)46-35(6,7)8)19-18-24-14-16-26(17-15-24)36-29(40)20-27-22-47-31(37-27)38-32(42)45-34(3,4)5/h9-17,22-23,28H,18-21H2,1-8H3,(H,36,40)(H,37,38,42)/t28-/m0/s1. The molecule has 1 atom stereocenters. The van der Waals surface area contributed by atoms with E-state index in [1.54, 1.807) is 77.8 Å². The average molecular weight is 667 g/mol. The molecule has 0 spiro atoms. The highest BCUT2D eigenvalue weighted by molar-refractivity contribution is 7.13. The molecule has 0 radical (unpaired) electrons. The zero-order valence-corrected chi connectivity index (χ0v) is 29.2. The summed E-state index contributed by atoms with van der Waals surface area (Å²) >= 11 is 1.21. The van der Waals surface area contributed by atoms with E-state index in [0.29, 0.717) is 29.5 Å². The maximum Gasteiger partial charge on any atom is 0.413 e. The van der Waals surface area contributed by atoms with Gasteiger partial charge in [0.2, 0.25) is 5.91 Å². The summed E-state index contributed by atoms with van der Waals surface area (Å²) in [5.74, 6) is -0.936. The van der Waals surface area contributed by atoms with Crippen molar-refractivity contribution in [3.63, 3.8) is 0 Å². The van der Waals surface area contributed by atoms with E-state index >= 15 is 0 Å². The molecule has 0 saturated carbocycles. The Morgan fingerprint density at radius 3 is 2.11 bits per heavy atom. The third kappa shape index (κ3) is 13.4. The molecule has 0 bridgehead atoms. The number of hydrogen-bond acceptors (Lipinski definition) is 9. The van der Waals surface area contributed by atoms with Crippen molar-refractivity contribution in [3.05, 3.63) is 76.8 Å². The number of anilines is 2. The molecule has 12 heteroatoms. The van der Waals surface area contributed by atoms with E-state index in [2.05, 4.69) is 15.6 Å². The fraction of sp³-hybridized carbons (Fsp3) is 0.457. The molecule has 0 aliphatic heterocycles. The molecule has 0 saturated heterocycles. The normalized spacial score (nSPS) is 12.2. The maximum atomic E-state index is 13.3. The Morgan fingerprint density at radius 1 is 0.872 bits per heavy atom. The lowest BCUT2D eigenvalue weighted by Gasteiger charge is -2.30. The van der Waals surface area contributed by atoms with Crippen LogP contribution >= 0.6 is 11.3 Å². The molecular formula is C35H46N4O7S. The summed E-state index contributed by atoms with van der Waals surface area (Å²) < 4.78 is 16.8. The first-order valence-electron chi connectivity index (χ1n) is 15.5. The van der Waals surface area contributed by atoms with Gasteiger partial charge < -0.3 is 24.4 Å². The van der Waals surface area contributed by atoms with Gasteiger partial charge in [-0.25, -0.2) is 14.6 Å². The average Bonchev–Trinajstić information content (AvgIpc) is 3.39. The fourth-order valence-electron chi connectivity index (χ4n) is 4.16. The molecule has 2 aromatic carbocycles. The van der Waals surface area contributed by atoms with Crippen molar-refractivity contribution in [1.82, 2.24) is 9.88 Å². The SMILES string of the molecule is CC(C)C(=O)O[C@@H](CN(CCc1ccc(NC(=O)Cc2csc(NC(=O)OC(C)(C)C)n2)cc1)C(=O)OC(C)(C)C)c1ccccc1. The van der Waals surface area contributed by atoms with Crippen LogP contribution in [0.5, 0.6) is 0 Å². The summed E-state index contributed by atoms with van der Waals surface area (Å²) in [5.41, 5.74) is 1.50. The highest BCUT2D eigenvalue weighted by atomic mass is 32.1. The van der Waals surface area contributed by atoms with Gasteiger partial charge in [0.25, 0.3) is 0 Å². The van der Waals surface area contributed by atoms with Crippen LogP contribution in [0.4, 0.5) is 20.4 Å². The van der Waals surface area contributed by atoms with E-state index in [9.17, 15) is 19.2 Å². The number of rotatable bonds is 12. The fourth-order valence-corrected chi connectivity index (χ4v) is 4.86. The molecule has 0 unspecified atom stereocenters. The van der Waals surface area contributed by atoms with Gasteiger partial charge in [-0.1, -0.05) is 56.3 Å². The molecule has 1 aromatic heterocycles. The number of amides is 3. The van der Waals surface area contributed by atoms with E-state index in [0.717, 1.165) is 11.1 Å². The maximum absolute atomic E-state index is 13.3. The molecule has 47 heavy (non-hydrogen) atoms. The molecule has 0 fully saturated rings. The first-order chi connectivity index (χ1) is 22.0. The van der Waals surface area contributed by atoms with E-state index < -0.39 is 29.5 Å². The molecule has 3 aromatic rings. The zero-order valence-electron chi connectivity index (χ0n) is 28.4. The Labute approximate surface area is 281 Å². The van der Waals surface area contributed by atoms with Crippen LogP contribution in [-0.2, 0) is 36.6 Å². The molecule has 2 N–H and O–H groups in total. The van der Waals surface area contributed by atoms with E-state index in [1.807, 2.05) is 42.5 Å². The van der Waals surface area contributed by atoms with Gasteiger partial charge in [-0.05, 0) is 71.2 Å². The summed E-state index contributed by atoms with van der Waals surface area (Å²) in [4.78, 5) is 56.4. The van der Waals surface area contributed by atoms with Crippen LogP contribution in [0, 0.1) is 5.92 Å². The quantitative estimate of drug-likeness (QED) is 0.151. The number of esters is 1. The lowest BCUT2D eigenvalue weighted by Crippen LogP contribution is -2.41. The highest BCUT2D eigenvalue weighted by Gasteiger charge is 2.28. The summed E-state index contributed by atoms with van der Waals surface area (Å²) in [6.07, 6.45) is -1.25. The van der Waals surface area contributed by atoms with Crippen molar-refractivity contribution in [2.45, 2.75) is 85.5 Å². The number of thiazole rings is 1. The van der Waals surface area contributed by atoms with Gasteiger partial charge in [0, 0.05) is 17.6 Å². The highest BCUT2D eigenvalue weighted by Crippen LogP contribution is 2.23. The van der Waals surface area contributed by atoms with Crippen LogP contribution in [0.3, 0.4) is 0 Å². The molecule has 3 rings (SSSR count). The van der Waals surface area contributed by atoms with Crippen LogP contribution in [0.15, 0.2) is 60.0 Å².